The molecule has 0 aliphatic carbocycles. The van der Waals surface area contributed by atoms with Gasteiger partial charge in [0.2, 0.25) is 0 Å². The molecule has 1 aromatic heterocycles. The molecule has 0 aliphatic rings. The predicted molar refractivity (Wildman–Crippen MR) is 119 cm³/mol. The number of rotatable bonds is 7. The molecule has 1 heterocycles. The number of amides is 1. The van der Waals surface area contributed by atoms with Crippen molar-refractivity contribution in [1.82, 2.24) is 14.9 Å². The van der Waals surface area contributed by atoms with Crippen LogP contribution in [0.25, 0.3) is 11.0 Å². The number of ether oxygens (including phenoxy) is 1. The molecular formula is C24H21ClFN3O2. The maximum absolute atomic E-state index is 13.4. The number of nitrogens with one attached hydrogen (secondary N) is 1. The van der Waals surface area contributed by atoms with Crippen molar-refractivity contribution < 1.29 is 13.9 Å². The minimum absolute atomic E-state index is 0.225. The molecule has 3 aromatic carbocycles. The van der Waals surface area contributed by atoms with Gasteiger partial charge < -0.3 is 14.6 Å². The SMILES string of the molecule is Cn1c(CCNC(=O)c2ccccc2OCc2ccc(Cl)cc2)nc2cc(F)ccc21. The van der Waals surface area contributed by atoms with Gasteiger partial charge >= 0.3 is 0 Å². The van der Waals surface area contributed by atoms with Gasteiger partial charge in [-0.2, -0.15) is 0 Å². The second-order valence-corrected chi connectivity index (χ2v) is 7.57. The lowest BCUT2D eigenvalue weighted by Crippen LogP contribution is -2.26. The Bertz CT molecular complexity index is 1220. The predicted octanol–water partition coefficient (Wildman–Crippen LogP) is 4.92. The second kappa shape index (κ2) is 9.18. The first-order valence-corrected chi connectivity index (χ1v) is 10.2. The highest BCUT2D eigenvalue weighted by Gasteiger charge is 2.13. The Labute approximate surface area is 184 Å². The maximum atomic E-state index is 13.4. The molecule has 1 N–H and O–H groups in total. The molecule has 0 saturated heterocycles. The summed E-state index contributed by atoms with van der Waals surface area (Å²) in [4.78, 5) is 17.2. The van der Waals surface area contributed by atoms with E-state index in [4.69, 9.17) is 16.3 Å². The number of aromatic nitrogens is 2. The monoisotopic (exact) mass is 437 g/mol. The average molecular weight is 438 g/mol. The zero-order valence-corrected chi connectivity index (χ0v) is 17.7. The molecule has 0 radical (unpaired) electrons. The van der Waals surface area contributed by atoms with Gasteiger partial charge in [-0.3, -0.25) is 4.79 Å². The molecule has 0 fully saturated rings. The molecule has 1 amide bonds. The van der Waals surface area contributed by atoms with Gasteiger partial charge in [-0.05, 0) is 42.0 Å². The van der Waals surface area contributed by atoms with Gasteiger partial charge in [-0.1, -0.05) is 35.9 Å². The van der Waals surface area contributed by atoms with E-state index in [1.807, 2.05) is 29.8 Å². The van der Waals surface area contributed by atoms with Crippen LogP contribution in [0.5, 0.6) is 5.75 Å². The number of nitrogens with zero attached hydrogens (tertiary/aromatic N) is 2. The van der Waals surface area contributed by atoms with Gasteiger partial charge in [0.1, 0.15) is 24.0 Å². The summed E-state index contributed by atoms with van der Waals surface area (Å²) in [7, 11) is 1.88. The zero-order valence-electron chi connectivity index (χ0n) is 16.9. The molecule has 0 atom stereocenters. The lowest BCUT2D eigenvalue weighted by atomic mass is 10.2. The third-order valence-corrected chi connectivity index (χ3v) is 5.26. The molecule has 158 valence electrons. The van der Waals surface area contributed by atoms with Gasteiger partial charge in [-0.25, -0.2) is 9.37 Å². The van der Waals surface area contributed by atoms with Crippen LogP contribution in [0.15, 0.2) is 66.7 Å². The van der Waals surface area contributed by atoms with Crippen molar-refractivity contribution in [2.75, 3.05) is 6.54 Å². The Hall–Kier alpha value is -3.38. The van der Waals surface area contributed by atoms with Crippen molar-refractivity contribution in [1.29, 1.82) is 0 Å². The first kappa shape index (κ1) is 20.9. The van der Waals surface area contributed by atoms with Crippen molar-refractivity contribution in [3.63, 3.8) is 0 Å². The fourth-order valence-electron chi connectivity index (χ4n) is 3.35. The number of hydrogen-bond donors (Lipinski definition) is 1. The Kier molecular flexibility index (Phi) is 6.18. The molecule has 0 spiro atoms. The molecule has 5 nitrogen and oxygen atoms in total. The first-order chi connectivity index (χ1) is 15.0. The third-order valence-electron chi connectivity index (χ3n) is 5.01. The number of halogens is 2. The maximum Gasteiger partial charge on any atom is 0.255 e. The zero-order chi connectivity index (χ0) is 21.8. The fraction of sp³-hybridized carbons (Fsp3) is 0.167. The van der Waals surface area contributed by atoms with Crippen LogP contribution < -0.4 is 10.1 Å². The van der Waals surface area contributed by atoms with E-state index in [9.17, 15) is 9.18 Å². The largest absolute Gasteiger partial charge is 0.488 e. The Balaban J connectivity index is 1.39. The molecule has 31 heavy (non-hydrogen) atoms. The Morgan fingerprint density at radius 3 is 2.71 bits per heavy atom. The molecular weight excluding hydrogens is 417 g/mol. The molecule has 0 aliphatic heterocycles. The standard InChI is InChI=1S/C24H21ClFN3O2/c1-29-21-11-10-18(26)14-20(21)28-23(29)12-13-27-24(30)19-4-2-3-5-22(19)31-15-16-6-8-17(25)9-7-16/h2-11,14H,12-13,15H2,1H3,(H,27,30). The molecule has 7 heteroatoms. The minimum atomic E-state index is -0.319. The van der Waals surface area contributed by atoms with Crippen LogP contribution in [0.2, 0.25) is 5.02 Å². The summed E-state index contributed by atoms with van der Waals surface area (Å²) in [6, 6.07) is 19.0. The van der Waals surface area contributed by atoms with E-state index in [0.717, 1.165) is 16.9 Å². The summed E-state index contributed by atoms with van der Waals surface area (Å²) < 4.78 is 21.2. The summed E-state index contributed by atoms with van der Waals surface area (Å²) >= 11 is 5.91. The number of aryl methyl sites for hydroxylation is 1. The summed E-state index contributed by atoms with van der Waals surface area (Å²) in [5.41, 5.74) is 2.87. The van der Waals surface area contributed by atoms with E-state index in [2.05, 4.69) is 10.3 Å². The second-order valence-electron chi connectivity index (χ2n) is 7.14. The minimum Gasteiger partial charge on any atom is -0.488 e. The summed E-state index contributed by atoms with van der Waals surface area (Å²) in [6.45, 7) is 0.724. The van der Waals surface area contributed by atoms with E-state index < -0.39 is 0 Å². The van der Waals surface area contributed by atoms with Crippen LogP contribution in [-0.4, -0.2) is 22.0 Å². The summed E-state index contributed by atoms with van der Waals surface area (Å²) in [5, 5.41) is 3.57. The summed E-state index contributed by atoms with van der Waals surface area (Å²) in [6.07, 6.45) is 0.520. The lowest BCUT2D eigenvalue weighted by Gasteiger charge is -2.12. The van der Waals surface area contributed by atoms with Crippen LogP contribution in [0, 0.1) is 5.82 Å². The normalized spacial score (nSPS) is 10.9. The number of para-hydroxylation sites is 1. The molecule has 0 bridgehead atoms. The Morgan fingerprint density at radius 2 is 1.90 bits per heavy atom. The van der Waals surface area contributed by atoms with Crippen molar-refractivity contribution in [3.8, 4) is 5.75 Å². The number of carbonyl (C=O) groups excluding carboxylic acids is 1. The van der Waals surface area contributed by atoms with Gasteiger partial charge in [0.05, 0.1) is 16.6 Å². The highest BCUT2D eigenvalue weighted by molar-refractivity contribution is 6.30. The van der Waals surface area contributed by atoms with E-state index in [1.165, 1.54) is 12.1 Å². The average Bonchev–Trinajstić information content (AvgIpc) is 3.08. The number of benzene rings is 3. The van der Waals surface area contributed by atoms with Crippen LogP contribution in [0.3, 0.4) is 0 Å². The summed E-state index contributed by atoms with van der Waals surface area (Å²) in [5.74, 6) is 0.735. The van der Waals surface area contributed by atoms with Gasteiger partial charge in [0.15, 0.2) is 0 Å². The van der Waals surface area contributed by atoms with Crippen molar-refractivity contribution in [2.24, 2.45) is 7.05 Å². The van der Waals surface area contributed by atoms with Crippen LogP contribution in [0.1, 0.15) is 21.7 Å². The third kappa shape index (κ3) is 4.86. The van der Waals surface area contributed by atoms with Crippen molar-refractivity contribution >= 4 is 28.5 Å². The number of fused-ring (bicyclic) bond motifs is 1. The van der Waals surface area contributed by atoms with Gasteiger partial charge in [0, 0.05) is 31.1 Å². The Morgan fingerprint density at radius 1 is 1.13 bits per heavy atom. The first-order valence-electron chi connectivity index (χ1n) is 9.86. The van der Waals surface area contributed by atoms with Crippen LogP contribution in [-0.2, 0) is 20.1 Å². The van der Waals surface area contributed by atoms with Gasteiger partial charge in [0.25, 0.3) is 5.91 Å². The molecule has 0 unspecified atom stereocenters. The smallest absolute Gasteiger partial charge is 0.255 e. The van der Waals surface area contributed by atoms with E-state index in [-0.39, 0.29) is 11.7 Å². The topological polar surface area (TPSA) is 56.2 Å². The fourth-order valence-corrected chi connectivity index (χ4v) is 3.48. The number of hydrogen-bond acceptors (Lipinski definition) is 3. The van der Waals surface area contributed by atoms with E-state index in [1.54, 1.807) is 36.4 Å². The van der Waals surface area contributed by atoms with Gasteiger partial charge in [-0.15, -0.1) is 0 Å². The highest BCUT2D eigenvalue weighted by atomic mass is 35.5. The van der Waals surface area contributed by atoms with Crippen LogP contribution >= 0.6 is 11.6 Å². The van der Waals surface area contributed by atoms with Crippen LogP contribution in [0.4, 0.5) is 4.39 Å². The quantitative estimate of drug-likeness (QED) is 0.446. The molecule has 4 aromatic rings. The molecule has 4 rings (SSSR count). The number of carbonyl (C=O) groups is 1. The highest BCUT2D eigenvalue weighted by Crippen LogP contribution is 2.20. The van der Waals surface area contributed by atoms with E-state index in [0.29, 0.717) is 41.4 Å². The van der Waals surface area contributed by atoms with Crippen molar-refractivity contribution in [2.45, 2.75) is 13.0 Å². The molecule has 0 saturated carbocycles. The number of imidazole rings is 1. The lowest BCUT2D eigenvalue weighted by molar-refractivity contribution is 0.0949. The van der Waals surface area contributed by atoms with Crippen molar-refractivity contribution in [3.05, 3.63) is 94.5 Å². The van der Waals surface area contributed by atoms with E-state index >= 15 is 0 Å².